The Balaban J connectivity index is 0.00000144. The summed E-state index contributed by atoms with van der Waals surface area (Å²) in [5.41, 5.74) is 4.97. The first-order valence-corrected chi connectivity index (χ1v) is 4.57. The first-order valence-electron chi connectivity index (χ1n) is 4.57. The highest BCUT2D eigenvalue weighted by Gasteiger charge is 2.29. The van der Waals surface area contributed by atoms with Crippen molar-refractivity contribution in [1.29, 1.82) is 0 Å². The summed E-state index contributed by atoms with van der Waals surface area (Å²) in [5.74, 6) is 1.09. The Hall–Kier alpha value is -0.730. The van der Waals surface area contributed by atoms with Crippen molar-refractivity contribution in [2.24, 2.45) is 17.6 Å². The van der Waals surface area contributed by atoms with E-state index in [1.807, 2.05) is 0 Å². The van der Waals surface area contributed by atoms with Gasteiger partial charge in [-0.1, -0.05) is 20.3 Å². The zero-order valence-electron chi connectivity index (χ0n) is 7.75. The predicted octanol–water partition coefficient (Wildman–Crippen LogP) is 2.15. The van der Waals surface area contributed by atoms with Crippen LogP contribution in [0.4, 0.5) is 4.79 Å². The van der Waals surface area contributed by atoms with Gasteiger partial charge in [0.2, 0.25) is 0 Å². The molecule has 1 amide bonds. The molecule has 1 rings (SSSR count). The van der Waals surface area contributed by atoms with Gasteiger partial charge in [0.1, 0.15) is 6.10 Å². The van der Waals surface area contributed by atoms with Crippen LogP contribution in [0.2, 0.25) is 0 Å². The van der Waals surface area contributed by atoms with Crippen LogP contribution in [-0.4, -0.2) is 12.2 Å². The van der Waals surface area contributed by atoms with E-state index in [1.54, 1.807) is 0 Å². The molecule has 0 aromatic heterocycles. The van der Waals surface area contributed by atoms with Crippen LogP contribution in [0, 0.1) is 11.8 Å². The van der Waals surface area contributed by atoms with Crippen LogP contribution in [0.1, 0.15) is 34.5 Å². The third-order valence-electron chi connectivity index (χ3n) is 2.90. The van der Waals surface area contributed by atoms with Gasteiger partial charge < -0.3 is 10.5 Å². The van der Waals surface area contributed by atoms with Crippen molar-refractivity contribution in [3.63, 3.8) is 0 Å². The quantitative estimate of drug-likeness (QED) is 0.660. The SMILES string of the molecule is CC1CCCC(OC(N)=O)C1C.[HH]. The van der Waals surface area contributed by atoms with Crippen molar-refractivity contribution in [2.75, 3.05) is 0 Å². The van der Waals surface area contributed by atoms with E-state index in [0.29, 0.717) is 11.8 Å². The molecule has 0 saturated heterocycles. The van der Waals surface area contributed by atoms with Crippen molar-refractivity contribution in [2.45, 2.75) is 39.2 Å². The molecule has 0 aromatic rings. The second kappa shape index (κ2) is 3.78. The number of hydrogen-bond donors (Lipinski definition) is 1. The fraction of sp³-hybridized carbons (Fsp3) is 0.889. The summed E-state index contributed by atoms with van der Waals surface area (Å²) in [4.78, 5) is 10.5. The van der Waals surface area contributed by atoms with Gasteiger partial charge >= 0.3 is 6.09 Å². The molecule has 2 N–H and O–H groups in total. The molecule has 0 radical (unpaired) electrons. The molecule has 0 aromatic carbocycles. The van der Waals surface area contributed by atoms with Crippen LogP contribution in [0.5, 0.6) is 0 Å². The summed E-state index contributed by atoms with van der Waals surface area (Å²) in [6.45, 7) is 4.32. The largest absolute Gasteiger partial charge is 0.446 e. The fourth-order valence-corrected chi connectivity index (χ4v) is 1.85. The average Bonchev–Trinajstić information content (AvgIpc) is 1.98. The zero-order valence-corrected chi connectivity index (χ0v) is 7.75. The number of hydrogen-bond acceptors (Lipinski definition) is 2. The summed E-state index contributed by atoms with van der Waals surface area (Å²) in [7, 11) is 0. The van der Waals surface area contributed by atoms with Crippen LogP contribution in [0.15, 0.2) is 0 Å². The molecular formula is C9H19NO2. The van der Waals surface area contributed by atoms with Gasteiger partial charge in [0.15, 0.2) is 0 Å². The molecule has 3 atom stereocenters. The molecule has 0 aliphatic heterocycles. The number of rotatable bonds is 1. The van der Waals surface area contributed by atoms with E-state index in [2.05, 4.69) is 13.8 Å². The first kappa shape index (κ1) is 9.36. The van der Waals surface area contributed by atoms with Crippen molar-refractivity contribution in [3.05, 3.63) is 0 Å². The number of primary amides is 1. The van der Waals surface area contributed by atoms with E-state index in [4.69, 9.17) is 10.5 Å². The summed E-state index contributed by atoms with van der Waals surface area (Å²) >= 11 is 0. The number of amides is 1. The summed E-state index contributed by atoms with van der Waals surface area (Å²) < 4.78 is 5.01. The van der Waals surface area contributed by atoms with E-state index >= 15 is 0 Å². The molecule has 0 heterocycles. The van der Waals surface area contributed by atoms with Crippen molar-refractivity contribution >= 4 is 6.09 Å². The van der Waals surface area contributed by atoms with E-state index in [-0.39, 0.29) is 7.53 Å². The average molecular weight is 173 g/mol. The molecular weight excluding hydrogens is 154 g/mol. The molecule has 3 nitrogen and oxygen atoms in total. The highest BCUT2D eigenvalue weighted by Crippen LogP contribution is 2.31. The molecule has 0 spiro atoms. The number of carbonyl (C=O) groups is 1. The summed E-state index contributed by atoms with van der Waals surface area (Å²) in [6.07, 6.45) is 2.75. The Kier molecular flexibility index (Phi) is 2.95. The Morgan fingerprint density at radius 3 is 2.75 bits per heavy atom. The van der Waals surface area contributed by atoms with Gasteiger partial charge in [-0.3, -0.25) is 0 Å². The minimum absolute atomic E-state index is 0. The lowest BCUT2D eigenvalue weighted by Crippen LogP contribution is -2.34. The van der Waals surface area contributed by atoms with Gasteiger partial charge in [-0.05, 0) is 24.7 Å². The van der Waals surface area contributed by atoms with E-state index < -0.39 is 6.09 Å². The lowest BCUT2D eigenvalue weighted by atomic mass is 9.79. The van der Waals surface area contributed by atoms with Gasteiger partial charge in [0.05, 0.1) is 0 Å². The van der Waals surface area contributed by atoms with Gasteiger partial charge in [-0.15, -0.1) is 0 Å². The number of carbonyl (C=O) groups excluding carboxylic acids is 1. The number of ether oxygens (including phenoxy) is 1. The zero-order chi connectivity index (χ0) is 9.14. The van der Waals surface area contributed by atoms with Crippen molar-refractivity contribution < 1.29 is 11.0 Å². The van der Waals surface area contributed by atoms with Gasteiger partial charge in [-0.2, -0.15) is 0 Å². The molecule has 72 valence electrons. The standard InChI is InChI=1S/C9H17NO2.H2/c1-6-4-3-5-8(7(6)2)12-9(10)11;/h6-8H,3-5H2,1-2H3,(H2,10,11);1H. The van der Waals surface area contributed by atoms with Crippen molar-refractivity contribution in [3.8, 4) is 0 Å². The topological polar surface area (TPSA) is 52.3 Å². The van der Waals surface area contributed by atoms with Crippen LogP contribution in [-0.2, 0) is 4.74 Å². The lowest BCUT2D eigenvalue weighted by Gasteiger charge is -2.32. The minimum atomic E-state index is -0.638. The first-order chi connectivity index (χ1) is 5.61. The predicted molar refractivity (Wildman–Crippen MR) is 48.7 cm³/mol. The molecule has 1 saturated carbocycles. The third kappa shape index (κ3) is 2.13. The second-order valence-corrected chi connectivity index (χ2v) is 3.74. The van der Waals surface area contributed by atoms with Gasteiger partial charge in [-0.25, -0.2) is 4.79 Å². The maximum atomic E-state index is 10.5. The fourth-order valence-electron chi connectivity index (χ4n) is 1.85. The van der Waals surface area contributed by atoms with Crippen LogP contribution >= 0.6 is 0 Å². The highest BCUT2D eigenvalue weighted by molar-refractivity contribution is 5.64. The molecule has 3 unspecified atom stereocenters. The normalized spacial score (nSPS) is 36.0. The molecule has 0 bridgehead atoms. The van der Waals surface area contributed by atoms with Crippen LogP contribution < -0.4 is 5.73 Å². The minimum Gasteiger partial charge on any atom is -0.446 e. The van der Waals surface area contributed by atoms with Crippen molar-refractivity contribution in [1.82, 2.24) is 0 Å². The maximum absolute atomic E-state index is 10.5. The Labute approximate surface area is 74.8 Å². The Bertz CT molecular complexity index is 175. The highest BCUT2D eigenvalue weighted by atomic mass is 16.6. The monoisotopic (exact) mass is 173 g/mol. The molecule has 1 aliphatic carbocycles. The Morgan fingerprint density at radius 2 is 2.17 bits per heavy atom. The van der Waals surface area contributed by atoms with E-state index in [1.165, 1.54) is 6.42 Å². The van der Waals surface area contributed by atoms with E-state index in [0.717, 1.165) is 12.8 Å². The Morgan fingerprint density at radius 1 is 1.50 bits per heavy atom. The smallest absolute Gasteiger partial charge is 0.404 e. The summed E-state index contributed by atoms with van der Waals surface area (Å²) in [5, 5.41) is 0. The van der Waals surface area contributed by atoms with E-state index in [9.17, 15) is 4.79 Å². The maximum Gasteiger partial charge on any atom is 0.404 e. The van der Waals surface area contributed by atoms with Crippen LogP contribution in [0.3, 0.4) is 0 Å². The molecule has 1 aliphatic rings. The molecule has 1 fully saturated rings. The number of nitrogens with two attached hydrogens (primary N) is 1. The molecule has 3 heteroatoms. The van der Waals surface area contributed by atoms with Gasteiger partial charge in [0, 0.05) is 1.43 Å². The van der Waals surface area contributed by atoms with Gasteiger partial charge in [0.25, 0.3) is 0 Å². The molecule has 12 heavy (non-hydrogen) atoms. The summed E-state index contributed by atoms with van der Waals surface area (Å²) in [6, 6.07) is 0. The second-order valence-electron chi connectivity index (χ2n) is 3.74. The lowest BCUT2D eigenvalue weighted by molar-refractivity contribution is 0.0277. The van der Waals surface area contributed by atoms with Crippen LogP contribution in [0.25, 0.3) is 0 Å². The third-order valence-corrected chi connectivity index (χ3v) is 2.90.